The lowest BCUT2D eigenvalue weighted by Crippen LogP contribution is -1.99. The quantitative estimate of drug-likeness (QED) is 0.616. The Balaban J connectivity index is 2.00. The molecule has 4 aromatic rings. The minimum atomic E-state index is 0.234. The zero-order valence-electron chi connectivity index (χ0n) is 14.6. The predicted molar refractivity (Wildman–Crippen MR) is 102 cm³/mol. The second-order valence-corrected chi connectivity index (χ2v) is 6.18. The summed E-state index contributed by atoms with van der Waals surface area (Å²) in [5.41, 5.74) is 11.0. The lowest BCUT2D eigenvalue weighted by molar-refractivity contribution is 0.768. The van der Waals surface area contributed by atoms with Gasteiger partial charge in [0.25, 0.3) is 0 Å². The van der Waals surface area contributed by atoms with E-state index in [0.29, 0.717) is 5.56 Å². The number of hydrogen-bond donors (Lipinski definition) is 1. The number of rotatable bonds is 3. The van der Waals surface area contributed by atoms with Gasteiger partial charge in [0.2, 0.25) is 0 Å². The van der Waals surface area contributed by atoms with Crippen LogP contribution in [-0.2, 0) is 13.6 Å². The van der Waals surface area contributed by atoms with Crippen molar-refractivity contribution in [3.8, 4) is 28.5 Å². The number of nitriles is 1. The molecule has 0 aliphatic rings. The first-order chi connectivity index (χ1) is 12.6. The molecule has 0 aliphatic heterocycles. The van der Waals surface area contributed by atoms with Crippen LogP contribution in [-0.4, -0.2) is 19.3 Å². The molecule has 0 aliphatic carbocycles. The van der Waals surface area contributed by atoms with Crippen LogP contribution >= 0.6 is 0 Å². The van der Waals surface area contributed by atoms with E-state index in [1.165, 1.54) is 0 Å². The van der Waals surface area contributed by atoms with Crippen molar-refractivity contribution in [2.45, 2.75) is 13.5 Å². The van der Waals surface area contributed by atoms with Gasteiger partial charge in [-0.3, -0.25) is 4.68 Å². The zero-order chi connectivity index (χ0) is 18.3. The van der Waals surface area contributed by atoms with Crippen molar-refractivity contribution in [1.29, 1.82) is 5.26 Å². The van der Waals surface area contributed by atoms with Crippen molar-refractivity contribution >= 4 is 16.7 Å². The Bertz CT molecular complexity index is 1160. The fraction of sp³-hybridized carbons (Fsp3) is 0.150. The zero-order valence-corrected chi connectivity index (χ0v) is 14.6. The fourth-order valence-corrected chi connectivity index (χ4v) is 3.32. The normalized spacial score (nSPS) is 11.0. The van der Waals surface area contributed by atoms with E-state index in [0.717, 1.165) is 39.8 Å². The summed E-state index contributed by atoms with van der Waals surface area (Å²) in [5.74, 6) is 0.234. The van der Waals surface area contributed by atoms with Crippen LogP contribution in [0, 0.1) is 11.3 Å². The molecule has 0 fully saturated rings. The van der Waals surface area contributed by atoms with Gasteiger partial charge in [0.1, 0.15) is 17.5 Å². The summed E-state index contributed by atoms with van der Waals surface area (Å²) in [6.45, 7) is 2.97. The molecule has 26 heavy (non-hydrogen) atoms. The van der Waals surface area contributed by atoms with E-state index in [2.05, 4.69) is 46.0 Å². The highest BCUT2D eigenvalue weighted by atomic mass is 15.2. The van der Waals surface area contributed by atoms with Gasteiger partial charge in [-0.1, -0.05) is 18.2 Å². The summed E-state index contributed by atoms with van der Waals surface area (Å²) in [4.78, 5) is 4.52. The predicted octanol–water partition coefficient (Wildman–Crippen LogP) is 3.58. The van der Waals surface area contributed by atoms with Crippen LogP contribution in [0.15, 0.2) is 48.9 Å². The van der Waals surface area contributed by atoms with Crippen LogP contribution in [0.3, 0.4) is 0 Å². The maximum atomic E-state index is 9.54. The molecule has 6 heteroatoms. The molecular formula is C20H18N6. The van der Waals surface area contributed by atoms with Crippen LogP contribution in [0.2, 0.25) is 0 Å². The largest absolute Gasteiger partial charge is 0.383 e. The van der Waals surface area contributed by atoms with Crippen LogP contribution < -0.4 is 5.73 Å². The van der Waals surface area contributed by atoms with E-state index in [1.54, 1.807) is 10.9 Å². The minimum absolute atomic E-state index is 0.234. The van der Waals surface area contributed by atoms with Gasteiger partial charge in [0.15, 0.2) is 0 Å². The van der Waals surface area contributed by atoms with E-state index in [1.807, 2.05) is 31.4 Å². The van der Waals surface area contributed by atoms with E-state index < -0.39 is 0 Å². The molecule has 0 atom stereocenters. The van der Waals surface area contributed by atoms with Gasteiger partial charge in [-0.15, -0.1) is 0 Å². The van der Waals surface area contributed by atoms with Gasteiger partial charge < -0.3 is 10.3 Å². The molecular weight excluding hydrogens is 324 g/mol. The van der Waals surface area contributed by atoms with E-state index in [4.69, 9.17) is 5.73 Å². The summed E-state index contributed by atoms with van der Waals surface area (Å²) in [5, 5.41) is 14.9. The van der Waals surface area contributed by atoms with Crippen LogP contribution in [0.1, 0.15) is 12.5 Å². The highest BCUT2D eigenvalue weighted by Crippen LogP contribution is 2.35. The molecule has 1 aromatic carbocycles. The van der Waals surface area contributed by atoms with Crippen molar-refractivity contribution in [2.75, 3.05) is 5.73 Å². The smallest absolute Gasteiger partial charge is 0.142 e. The Morgan fingerprint density at radius 1 is 1.19 bits per heavy atom. The molecule has 0 saturated carbocycles. The second kappa shape index (κ2) is 6.05. The third-order valence-electron chi connectivity index (χ3n) is 4.58. The number of anilines is 1. The van der Waals surface area contributed by atoms with E-state index in [9.17, 15) is 5.26 Å². The first-order valence-electron chi connectivity index (χ1n) is 8.40. The van der Waals surface area contributed by atoms with Gasteiger partial charge in [0.05, 0.1) is 11.9 Å². The molecule has 2 N–H and O–H groups in total. The van der Waals surface area contributed by atoms with Crippen molar-refractivity contribution in [3.05, 3.63) is 54.5 Å². The van der Waals surface area contributed by atoms with Gasteiger partial charge in [-0.25, -0.2) is 4.98 Å². The SMILES string of the molecule is CCn1cc(-c2cc(-c3cnn(C)c3)c(C#N)c(N)n2)c2ccccc21. The number of nitrogens with zero attached hydrogens (tertiary/aromatic N) is 5. The average Bonchev–Trinajstić information content (AvgIpc) is 3.24. The third kappa shape index (κ3) is 2.42. The molecule has 0 radical (unpaired) electrons. The number of fused-ring (bicyclic) bond motifs is 1. The number of hydrogen-bond acceptors (Lipinski definition) is 4. The Morgan fingerprint density at radius 2 is 2.00 bits per heavy atom. The number of nitrogens with two attached hydrogens (primary N) is 1. The Labute approximate surface area is 151 Å². The van der Waals surface area contributed by atoms with Crippen molar-refractivity contribution in [3.63, 3.8) is 0 Å². The summed E-state index contributed by atoms with van der Waals surface area (Å²) in [6, 6.07) is 12.3. The molecule has 0 saturated heterocycles. The standard InChI is InChI=1S/C20H18N6/c1-3-26-12-17(14-6-4-5-7-19(14)26)18-8-15(13-10-23-25(2)11-13)16(9-21)20(22)24-18/h4-8,10-12H,3H2,1-2H3,(H2,22,24). The first kappa shape index (κ1) is 15.9. The van der Waals surface area contributed by atoms with Gasteiger partial charge in [0, 0.05) is 53.6 Å². The summed E-state index contributed by atoms with van der Waals surface area (Å²) < 4.78 is 3.89. The number of benzene rings is 1. The third-order valence-corrected chi connectivity index (χ3v) is 4.58. The number of aromatic nitrogens is 4. The molecule has 6 nitrogen and oxygen atoms in total. The van der Waals surface area contributed by atoms with Gasteiger partial charge in [-0.2, -0.15) is 10.4 Å². The summed E-state index contributed by atoms with van der Waals surface area (Å²) >= 11 is 0. The Morgan fingerprint density at radius 3 is 2.69 bits per heavy atom. The van der Waals surface area contributed by atoms with Gasteiger partial charge in [-0.05, 0) is 19.1 Å². The van der Waals surface area contributed by atoms with Crippen LogP contribution in [0.25, 0.3) is 33.3 Å². The van der Waals surface area contributed by atoms with Crippen LogP contribution in [0.5, 0.6) is 0 Å². The second-order valence-electron chi connectivity index (χ2n) is 6.18. The van der Waals surface area contributed by atoms with Gasteiger partial charge >= 0.3 is 0 Å². The number of pyridine rings is 1. The monoisotopic (exact) mass is 342 g/mol. The molecule has 3 heterocycles. The molecule has 0 bridgehead atoms. The molecule has 0 spiro atoms. The molecule has 0 amide bonds. The average molecular weight is 342 g/mol. The van der Waals surface area contributed by atoms with E-state index >= 15 is 0 Å². The Kier molecular flexibility index (Phi) is 3.70. The molecule has 4 rings (SSSR count). The highest BCUT2D eigenvalue weighted by molar-refractivity contribution is 5.96. The fourth-order valence-electron chi connectivity index (χ4n) is 3.32. The van der Waals surface area contributed by atoms with Crippen molar-refractivity contribution in [2.24, 2.45) is 7.05 Å². The highest BCUT2D eigenvalue weighted by Gasteiger charge is 2.17. The maximum Gasteiger partial charge on any atom is 0.142 e. The molecule has 0 unspecified atom stereocenters. The first-order valence-corrected chi connectivity index (χ1v) is 8.40. The Hall–Kier alpha value is -3.59. The number of para-hydroxylation sites is 1. The number of aryl methyl sites for hydroxylation is 2. The summed E-state index contributed by atoms with van der Waals surface area (Å²) in [7, 11) is 1.84. The topological polar surface area (TPSA) is 85.5 Å². The lowest BCUT2D eigenvalue weighted by Gasteiger charge is -2.08. The summed E-state index contributed by atoms with van der Waals surface area (Å²) in [6.07, 6.45) is 5.69. The van der Waals surface area contributed by atoms with Crippen LogP contribution in [0.4, 0.5) is 5.82 Å². The minimum Gasteiger partial charge on any atom is -0.383 e. The maximum absolute atomic E-state index is 9.54. The molecule has 3 aromatic heterocycles. The van der Waals surface area contributed by atoms with Crippen molar-refractivity contribution < 1.29 is 0 Å². The lowest BCUT2D eigenvalue weighted by atomic mass is 10.0. The van der Waals surface area contributed by atoms with E-state index in [-0.39, 0.29) is 5.82 Å². The number of nitrogen functional groups attached to an aromatic ring is 1. The molecule has 128 valence electrons. The van der Waals surface area contributed by atoms with Crippen molar-refractivity contribution in [1.82, 2.24) is 19.3 Å².